The molecule has 0 aromatic heterocycles. The standard InChI is InChI=1S/C23H35N7O6/c1-13(19(32)30-18(22(35)36)12-14-6-8-15(31)9-7-14)28-21(34)17(5-3-11-27-23(24)25)29-20(33)16-4-2-10-26-16/h6-9,13,16-18,26,31H,2-5,10-12H2,1H3,(H,28,34)(H,29,33)(H,30,32)(H,35,36)(H4,24,25,27). The summed E-state index contributed by atoms with van der Waals surface area (Å²) >= 11 is 0. The number of benzene rings is 1. The summed E-state index contributed by atoms with van der Waals surface area (Å²) in [6, 6.07) is 2.30. The molecule has 0 saturated carbocycles. The van der Waals surface area contributed by atoms with E-state index in [4.69, 9.17) is 11.5 Å². The number of aliphatic carboxylic acids is 1. The van der Waals surface area contributed by atoms with Gasteiger partial charge in [0.15, 0.2) is 5.96 Å². The van der Waals surface area contributed by atoms with Gasteiger partial charge in [-0.25, -0.2) is 4.79 Å². The van der Waals surface area contributed by atoms with E-state index < -0.39 is 42.0 Å². The summed E-state index contributed by atoms with van der Waals surface area (Å²) < 4.78 is 0. The highest BCUT2D eigenvalue weighted by molar-refractivity contribution is 5.94. The van der Waals surface area contributed by atoms with Crippen molar-refractivity contribution in [3.8, 4) is 5.75 Å². The third-order valence-corrected chi connectivity index (χ3v) is 5.70. The minimum atomic E-state index is -1.25. The molecule has 198 valence electrons. The van der Waals surface area contributed by atoms with E-state index >= 15 is 0 Å². The summed E-state index contributed by atoms with van der Waals surface area (Å²) in [4.78, 5) is 53.7. The maximum absolute atomic E-state index is 12.9. The van der Waals surface area contributed by atoms with E-state index in [0.29, 0.717) is 24.9 Å². The molecule has 36 heavy (non-hydrogen) atoms. The molecule has 2 rings (SSSR count). The van der Waals surface area contributed by atoms with Gasteiger partial charge in [0.2, 0.25) is 17.7 Å². The van der Waals surface area contributed by atoms with E-state index in [1.54, 1.807) is 12.1 Å². The average molecular weight is 506 g/mol. The first-order valence-electron chi connectivity index (χ1n) is 11.8. The van der Waals surface area contributed by atoms with Crippen molar-refractivity contribution in [2.75, 3.05) is 13.1 Å². The van der Waals surface area contributed by atoms with Crippen LogP contribution in [0.3, 0.4) is 0 Å². The number of aliphatic imine (C=N–C) groups is 1. The Morgan fingerprint density at radius 1 is 1.08 bits per heavy atom. The molecule has 0 bridgehead atoms. The Morgan fingerprint density at radius 3 is 2.36 bits per heavy atom. The third-order valence-electron chi connectivity index (χ3n) is 5.70. The summed E-state index contributed by atoms with van der Waals surface area (Å²) in [6.45, 7) is 2.40. The first-order chi connectivity index (χ1) is 17.1. The highest BCUT2D eigenvalue weighted by Gasteiger charge is 2.29. The number of hydrogen-bond acceptors (Lipinski definition) is 7. The van der Waals surface area contributed by atoms with Crippen molar-refractivity contribution in [1.82, 2.24) is 21.3 Å². The van der Waals surface area contributed by atoms with Gasteiger partial charge in [0, 0.05) is 13.0 Å². The Kier molecular flexibility index (Phi) is 10.9. The van der Waals surface area contributed by atoms with Crippen LogP contribution in [0, 0.1) is 0 Å². The third kappa shape index (κ3) is 9.41. The summed E-state index contributed by atoms with van der Waals surface area (Å²) in [5, 5.41) is 29.6. The van der Waals surface area contributed by atoms with Gasteiger partial charge in [-0.3, -0.25) is 19.4 Å². The van der Waals surface area contributed by atoms with Crippen LogP contribution in [0.1, 0.15) is 38.2 Å². The lowest BCUT2D eigenvalue weighted by atomic mass is 10.1. The van der Waals surface area contributed by atoms with Crippen molar-refractivity contribution in [2.24, 2.45) is 16.5 Å². The molecule has 3 amide bonds. The predicted octanol–water partition coefficient (Wildman–Crippen LogP) is -1.70. The highest BCUT2D eigenvalue weighted by Crippen LogP contribution is 2.12. The number of nitrogens with one attached hydrogen (secondary N) is 4. The maximum Gasteiger partial charge on any atom is 0.326 e. The average Bonchev–Trinajstić information content (AvgIpc) is 3.36. The number of aromatic hydroxyl groups is 1. The van der Waals surface area contributed by atoms with Crippen molar-refractivity contribution >= 4 is 29.7 Å². The molecule has 4 unspecified atom stereocenters. The Balaban J connectivity index is 1.98. The van der Waals surface area contributed by atoms with Crippen LogP contribution in [0.25, 0.3) is 0 Å². The van der Waals surface area contributed by atoms with E-state index in [9.17, 15) is 29.4 Å². The van der Waals surface area contributed by atoms with E-state index in [2.05, 4.69) is 26.3 Å². The number of carboxylic acid groups (broad SMARTS) is 1. The molecule has 10 N–H and O–H groups in total. The normalized spacial score (nSPS) is 17.3. The van der Waals surface area contributed by atoms with Gasteiger partial charge >= 0.3 is 5.97 Å². The Hall–Kier alpha value is -3.87. The second-order valence-electron chi connectivity index (χ2n) is 8.66. The van der Waals surface area contributed by atoms with Gasteiger partial charge in [0.1, 0.15) is 23.9 Å². The lowest BCUT2D eigenvalue weighted by Gasteiger charge is -2.23. The number of carboxylic acids is 1. The molecule has 4 atom stereocenters. The number of guanidine groups is 1. The first kappa shape index (κ1) is 28.4. The zero-order chi connectivity index (χ0) is 26.7. The maximum atomic E-state index is 12.9. The first-order valence-corrected chi connectivity index (χ1v) is 11.8. The molecule has 1 aromatic carbocycles. The van der Waals surface area contributed by atoms with Crippen molar-refractivity contribution in [1.29, 1.82) is 0 Å². The Morgan fingerprint density at radius 2 is 1.78 bits per heavy atom. The van der Waals surface area contributed by atoms with E-state index in [-0.39, 0.29) is 37.0 Å². The summed E-state index contributed by atoms with van der Waals surface area (Å²) in [5.41, 5.74) is 11.2. The minimum Gasteiger partial charge on any atom is -0.508 e. The van der Waals surface area contributed by atoms with Gasteiger partial charge in [0.25, 0.3) is 0 Å². The quantitative estimate of drug-likeness (QED) is 0.0868. The molecule has 1 fully saturated rings. The van der Waals surface area contributed by atoms with Gasteiger partial charge in [-0.1, -0.05) is 12.1 Å². The van der Waals surface area contributed by atoms with Crippen LogP contribution in [0.15, 0.2) is 29.3 Å². The number of rotatable bonds is 13. The predicted molar refractivity (Wildman–Crippen MR) is 132 cm³/mol. The summed E-state index contributed by atoms with van der Waals surface area (Å²) in [7, 11) is 0. The molecule has 1 aliphatic rings. The minimum absolute atomic E-state index is 0.0140. The Labute approximate surface area is 209 Å². The van der Waals surface area contributed by atoms with E-state index in [0.717, 1.165) is 6.42 Å². The number of amides is 3. The van der Waals surface area contributed by atoms with E-state index in [1.807, 2.05) is 0 Å². The second kappa shape index (κ2) is 13.9. The van der Waals surface area contributed by atoms with Gasteiger partial charge in [-0.2, -0.15) is 0 Å². The van der Waals surface area contributed by atoms with Crippen molar-refractivity contribution in [3.05, 3.63) is 29.8 Å². The zero-order valence-electron chi connectivity index (χ0n) is 20.2. The molecule has 1 aliphatic heterocycles. The topological polar surface area (TPSA) is 221 Å². The molecule has 0 radical (unpaired) electrons. The summed E-state index contributed by atoms with van der Waals surface area (Å²) in [6.07, 6.45) is 2.13. The van der Waals surface area contributed by atoms with Crippen LogP contribution in [-0.4, -0.2) is 77.1 Å². The fourth-order valence-corrected chi connectivity index (χ4v) is 3.70. The van der Waals surface area contributed by atoms with Crippen LogP contribution in [-0.2, 0) is 25.6 Å². The van der Waals surface area contributed by atoms with Crippen LogP contribution in [0.2, 0.25) is 0 Å². The smallest absolute Gasteiger partial charge is 0.326 e. The van der Waals surface area contributed by atoms with Gasteiger partial charge in [-0.15, -0.1) is 0 Å². The molecular formula is C23H35N7O6. The van der Waals surface area contributed by atoms with Crippen molar-refractivity contribution in [2.45, 2.75) is 63.2 Å². The number of nitrogens with two attached hydrogens (primary N) is 2. The molecule has 1 heterocycles. The lowest BCUT2D eigenvalue weighted by molar-refractivity contribution is -0.142. The van der Waals surface area contributed by atoms with Crippen molar-refractivity contribution in [3.63, 3.8) is 0 Å². The van der Waals surface area contributed by atoms with Gasteiger partial charge in [-0.05, 0) is 56.8 Å². The van der Waals surface area contributed by atoms with Gasteiger partial charge < -0.3 is 42.9 Å². The molecule has 0 spiro atoms. The van der Waals surface area contributed by atoms with Crippen LogP contribution >= 0.6 is 0 Å². The molecule has 1 saturated heterocycles. The number of phenolic OH excluding ortho intramolecular Hbond substituents is 1. The number of hydrogen-bond donors (Lipinski definition) is 8. The number of nitrogens with zero attached hydrogens (tertiary/aromatic N) is 1. The molecule has 1 aromatic rings. The van der Waals surface area contributed by atoms with E-state index in [1.165, 1.54) is 19.1 Å². The molecule has 13 nitrogen and oxygen atoms in total. The molecular weight excluding hydrogens is 470 g/mol. The van der Waals surface area contributed by atoms with Crippen LogP contribution in [0.4, 0.5) is 0 Å². The number of carbonyl (C=O) groups is 4. The largest absolute Gasteiger partial charge is 0.508 e. The number of phenols is 1. The summed E-state index contributed by atoms with van der Waals surface area (Å²) in [5.74, 6) is -2.89. The Bertz CT molecular complexity index is 943. The molecule has 0 aliphatic carbocycles. The highest BCUT2D eigenvalue weighted by atomic mass is 16.4. The fourth-order valence-electron chi connectivity index (χ4n) is 3.70. The zero-order valence-corrected chi connectivity index (χ0v) is 20.2. The van der Waals surface area contributed by atoms with Crippen LogP contribution in [0.5, 0.6) is 5.75 Å². The number of carbonyl (C=O) groups excluding carboxylic acids is 3. The monoisotopic (exact) mass is 505 g/mol. The molecule has 13 heteroatoms. The lowest BCUT2D eigenvalue weighted by Crippen LogP contribution is -2.56. The van der Waals surface area contributed by atoms with Crippen LogP contribution < -0.4 is 32.7 Å². The SMILES string of the molecule is CC(NC(=O)C(CCCN=C(N)N)NC(=O)C1CCCN1)C(=O)NC(Cc1ccc(O)cc1)C(=O)O. The van der Waals surface area contributed by atoms with Crippen molar-refractivity contribution < 1.29 is 29.4 Å². The fraction of sp³-hybridized carbons (Fsp3) is 0.522. The second-order valence-corrected chi connectivity index (χ2v) is 8.66. The van der Waals surface area contributed by atoms with Gasteiger partial charge in [0.05, 0.1) is 6.04 Å².